The molecule has 0 spiro atoms. The van der Waals surface area contributed by atoms with Crippen LogP contribution in [0.3, 0.4) is 0 Å². The number of hydrogen-bond donors (Lipinski definition) is 1. The number of ketones is 1. The van der Waals surface area contributed by atoms with Gasteiger partial charge in [0.15, 0.2) is 11.5 Å². The third kappa shape index (κ3) is 2.89. The Labute approximate surface area is 163 Å². The second-order valence-corrected chi connectivity index (χ2v) is 7.39. The van der Waals surface area contributed by atoms with Gasteiger partial charge in [0.25, 0.3) is 0 Å². The highest BCUT2D eigenvalue weighted by Crippen LogP contribution is 2.51. The van der Waals surface area contributed by atoms with Gasteiger partial charge in [0.2, 0.25) is 6.79 Å². The molecule has 1 aliphatic heterocycles. The number of anilines is 1. The molecule has 2 aliphatic rings. The number of pyridine rings is 1. The van der Waals surface area contributed by atoms with Crippen molar-refractivity contribution in [3.05, 3.63) is 71.9 Å². The summed E-state index contributed by atoms with van der Waals surface area (Å²) >= 11 is 0. The summed E-state index contributed by atoms with van der Waals surface area (Å²) in [5.74, 6) is 1.67. The predicted octanol–water partition coefficient (Wildman–Crippen LogP) is 3.90. The SMILES string of the molecule is Nc1ccc(-c2cccc(CC(=O)C3(c4ccc5c(c4)OCO5)CC3)n2)cc1. The molecule has 0 saturated heterocycles. The van der Waals surface area contributed by atoms with E-state index >= 15 is 0 Å². The number of aromatic nitrogens is 1. The number of carbonyl (C=O) groups is 1. The largest absolute Gasteiger partial charge is 0.454 e. The molecule has 2 aromatic carbocycles. The van der Waals surface area contributed by atoms with E-state index in [1.165, 1.54) is 0 Å². The molecule has 2 heterocycles. The smallest absolute Gasteiger partial charge is 0.231 e. The lowest BCUT2D eigenvalue weighted by atomic mass is 9.88. The number of ether oxygens (including phenoxy) is 2. The quantitative estimate of drug-likeness (QED) is 0.688. The maximum absolute atomic E-state index is 13.2. The van der Waals surface area contributed by atoms with Gasteiger partial charge in [-0.05, 0) is 54.8 Å². The number of nitrogens with two attached hydrogens (primary N) is 1. The van der Waals surface area contributed by atoms with Crippen molar-refractivity contribution in [2.45, 2.75) is 24.7 Å². The minimum absolute atomic E-state index is 0.202. The molecule has 5 nitrogen and oxygen atoms in total. The minimum atomic E-state index is -0.417. The van der Waals surface area contributed by atoms with E-state index in [9.17, 15) is 4.79 Å². The Morgan fingerprint density at radius 3 is 2.57 bits per heavy atom. The molecule has 140 valence electrons. The van der Waals surface area contributed by atoms with Crippen molar-refractivity contribution in [3.63, 3.8) is 0 Å². The number of hydrogen-bond acceptors (Lipinski definition) is 5. The summed E-state index contributed by atoms with van der Waals surface area (Å²) in [6, 6.07) is 19.2. The van der Waals surface area contributed by atoms with Crippen LogP contribution in [0.15, 0.2) is 60.7 Å². The number of rotatable bonds is 5. The molecule has 1 fully saturated rings. The Hall–Kier alpha value is -3.34. The molecule has 0 radical (unpaired) electrons. The first kappa shape index (κ1) is 16.8. The molecular weight excluding hydrogens is 352 g/mol. The molecule has 1 aromatic heterocycles. The summed E-state index contributed by atoms with van der Waals surface area (Å²) in [5.41, 5.74) is 9.69. The molecule has 1 saturated carbocycles. The van der Waals surface area contributed by atoms with Gasteiger partial charge in [-0.25, -0.2) is 0 Å². The van der Waals surface area contributed by atoms with Gasteiger partial charge in [-0.2, -0.15) is 0 Å². The van der Waals surface area contributed by atoms with Crippen LogP contribution in [0.25, 0.3) is 11.3 Å². The van der Waals surface area contributed by atoms with E-state index in [4.69, 9.17) is 20.2 Å². The van der Waals surface area contributed by atoms with Crippen molar-refractivity contribution in [2.75, 3.05) is 12.5 Å². The molecule has 0 bridgehead atoms. The van der Waals surface area contributed by atoms with Crippen LogP contribution in [-0.4, -0.2) is 17.6 Å². The number of benzene rings is 2. The van der Waals surface area contributed by atoms with Crippen molar-refractivity contribution < 1.29 is 14.3 Å². The lowest BCUT2D eigenvalue weighted by molar-refractivity contribution is -0.120. The van der Waals surface area contributed by atoms with Crippen LogP contribution in [0.5, 0.6) is 11.5 Å². The summed E-state index contributed by atoms with van der Waals surface area (Å²) in [6.07, 6.45) is 2.05. The van der Waals surface area contributed by atoms with E-state index in [0.717, 1.165) is 52.5 Å². The average molecular weight is 372 g/mol. The molecule has 1 aliphatic carbocycles. The maximum atomic E-state index is 13.2. The Bertz CT molecular complexity index is 1060. The van der Waals surface area contributed by atoms with Crippen LogP contribution in [0.1, 0.15) is 24.1 Å². The highest BCUT2D eigenvalue weighted by molar-refractivity contribution is 5.94. The van der Waals surface area contributed by atoms with Crippen molar-refractivity contribution in [1.82, 2.24) is 4.98 Å². The molecule has 0 amide bonds. The van der Waals surface area contributed by atoms with Crippen molar-refractivity contribution in [2.24, 2.45) is 0 Å². The summed E-state index contributed by atoms with van der Waals surface area (Å²) in [5, 5.41) is 0. The van der Waals surface area contributed by atoms with Gasteiger partial charge in [-0.3, -0.25) is 9.78 Å². The van der Waals surface area contributed by atoms with Crippen molar-refractivity contribution >= 4 is 11.5 Å². The van der Waals surface area contributed by atoms with E-state index in [0.29, 0.717) is 6.42 Å². The van der Waals surface area contributed by atoms with E-state index < -0.39 is 5.41 Å². The predicted molar refractivity (Wildman–Crippen MR) is 106 cm³/mol. The monoisotopic (exact) mass is 372 g/mol. The van der Waals surface area contributed by atoms with Crippen LogP contribution < -0.4 is 15.2 Å². The zero-order valence-corrected chi connectivity index (χ0v) is 15.4. The highest BCUT2D eigenvalue weighted by atomic mass is 16.7. The zero-order chi connectivity index (χ0) is 19.1. The van der Waals surface area contributed by atoms with Gasteiger partial charge in [0.1, 0.15) is 5.78 Å². The third-order valence-corrected chi connectivity index (χ3v) is 5.56. The molecule has 5 rings (SSSR count). The van der Waals surface area contributed by atoms with E-state index in [1.807, 2.05) is 60.7 Å². The molecule has 0 atom stereocenters. The second kappa shape index (κ2) is 6.37. The maximum Gasteiger partial charge on any atom is 0.231 e. The second-order valence-electron chi connectivity index (χ2n) is 7.39. The number of nitrogen functional groups attached to an aromatic ring is 1. The van der Waals surface area contributed by atoms with Crippen LogP contribution in [0.2, 0.25) is 0 Å². The first-order valence-electron chi connectivity index (χ1n) is 9.39. The standard InChI is InChI=1S/C23H20N2O3/c24-17-7-4-15(5-8-17)19-3-1-2-18(25-19)13-22(26)23(10-11-23)16-6-9-20-21(12-16)28-14-27-20/h1-9,12H,10-11,13-14,24H2. The Kier molecular flexibility index (Phi) is 3.83. The van der Waals surface area contributed by atoms with Crippen LogP contribution >= 0.6 is 0 Å². The van der Waals surface area contributed by atoms with Crippen molar-refractivity contribution in [3.8, 4) is 22.8 Å². The normalized spacial score (nSPS) is 16.0. The molecule has 28 heavy (non-hydrogen) atoms. The number of carbonyl (C=O) groups excluding carboxylic acids is 1. The zero-order valence-electron chi connectivity index (χ0n) is 15.4. The first-order chi connectivity index (χ1) is 13.6. The minimum Gasteiger partial charge on any atom is -0.454 e. The molecular formula is C23H20N2O3. The van der Waals surface area contributed by atoms with E-state index in [-0.39, 0.29) is 12.6 Å². The fourth-order valence-electron chi connectivity index (χ4n) is 3.77. The van der Waals surface area contributed by atoms with Gasteiger partial charge in [0.05, 0.1) is 11.1 Å². The Morgan fingerprint density at radius 1 is 1.00 bits per heavy atom. The van der Waals surface area contributed by atoms with Crippen molar-refractivity contribution in [1.29, 1.82) is 0 Å². The average Bonchev–Trinajstić information content (AvgIpc) is 3.40. The van der Waals surface area contributed by atoms with Gasteiger partial charge < -0.3 is 15.2 Å². The van der Waals surface area contributed by atoms with Gasteiger partial charge in [-0.15, -0.1) is 0 Å². The molecule has 0 unspecified atom stereocenters. The molecule has 3 aromatic rings. The third-order valence-electron chi connectivity index (χ3n) is 5.56. The summed E-state index contributed by atoms with van der Waals surface area (Å²) < 4.78 is 10.9. The van der Waals surface area contributed by atoms with Gasteiger partial charge in [0, 0.05) is 23.4 Å². The topological polar surface area (TPSA) is 74.4 Å². The fourth-order valence-corrected chi connectivity index (χ4v) is 3.77. The van der Waals surface area contributed by atoms with Gasteiger partial charge in [-0.1, -0.05) is 24.3 Å². The number of fused-ring (bicyclic) bond motifs is 1. The van der Waals surface area contributed by atoms with E-state index in [2.05, 4.69) is 0 Å². The van der Waals surface area contributed by atoms with Crippen LogP contribution in [0, 0.1) is 0 Å². The van der Waals surface area contributed by atoms with E-state index in [1.54, 1.807) is 0 Å². The Morgan fingerprint density at radius 2 is 1.79 bits per heavy atom. The Balaban J connectivity index is 1.38. The highest BCUT2D eigenvalue weighted by Gasteiger charge is 2.50. The lowest BCUT2D eigenvalue weighted by Gasteiger charge is -2.15. The molecule has 2 N–H and O–H groups in total. The summed E-state index contributed by atoms with van der Waals surface area (Å²) in [7, 11) is 0. The van der Waals surface area contributed by atoms with Gasteiger partial charge >= 0.3 is 0 Å². The lowest BCUT2D eigenvalue weighted by Crippen LogP contribution is -2.23. The fraction of sp³-hybridized carbons (Fsp3) is 0.217. The number of nitrogens with zero attached hydrogens (tertiary/aromatic N) is 1. The van der Waals surface area contributed by atoms with Crippen LogP contribution in [-0.2, 0) is 16.6 Å². The molecule has 5 heteroatoms. The first-order valence-corrected chi connectivity index (χ1v) is 9.39. The van der Waals surface area contributed by atoms with Crippen LogP contribution in [0.4, 0.5) is 5.69 Å². The number of Topliss-reactive ketones (excluding diaryl/α,β-unsaturated/α-hetero) is 1. The summed E-state index contributed by atoms with van der Waals surface area (Å²) in [6.45, 7) is 0.238. The summed E-state index contributed by atoms with van der Waals surface area (Å²) in [4.78, 5) is 17.9.